The maximum atomic E-state index is 11.2. The Bertz CT molecular complexity index is 341. The molecule has 0 aliphatic rings. The molecule has 1 aromatic rings. The van der Waals surface area contributed by atoms with Gasteiger partial charge in [0, 0.05) is 0 Å². The van der Waals surface area contributed by atoms with Crippen LogP contribution in [0.25, 0.3) is 0 Å². The van der Waals surface area contributed by atoms with Gasteiger partial charge in [0.1, 0.15) is 5.75 Å². The molecule has 0 bridgehead atoms. The van der Waals surface area contributed by atoms with Gasteiger partial charge in [-0.2, -0.15) is 0 Å². The number of carbonyl (C=O) groups is 1. The molecule has 3 heteroatoms. The summed E-state index contributed by atoms with van der Waals surface area (Å²) < 4.78 is 5.32. The van der Waals surface area contributed by atoms with Crippen molar-refractivity contribution in [2.45, 2.75) is 26.2 Å². The molecular weight excluding hydrogens is 190 g/mol. The average Bonchev–Trinajstić information content (AvgIpc) is 2.19. The number of benzene rings is 1. The molecule has 1 amide bonds. The van der Waals surface area contributed by atoms with Crippen molar-refractivity contribution in [2.24, 2.45) is 5.73 Å². The highest BCUT2D eigenvalue weighted by Crippen LogP contribution is 2.24. The minimum atomic E-state index is -0.634. The van der Waals surface area contributed by atoms with Crippen molar-refractivity contribution in [3.63, 3.8) is 0 Å². The van der Waals surface area contributed by atoms with Gasteiger partial charge in [0.2, 0.25) is 5.91 Å². The quantitative estimate of drug-likeness (QED) is 0.819. The van der Waals surface area contributed by atoms with E-state index in [1.807, 2.05) is 45.0 Å². The SMILES string of the molecule is CCOc1ccc(C(C)(C)C(N)=O)cc1. The molecule has 0 aliphatic heterocycles. The first-order chi connectivity index (χ1) is 6.98. The molecule has 0 aromatic heterocycles. The molecule has 1 rings (SSSR count). The van der Waals surface area contributed by atoms with E-state index in [0.29, 0.717) is 6.61 Å². The molecular formula is C12H17NO2. The van der Waals surface area contributed by atoms with E-state index < -0.39 is 5.41 Å². The highest BCUT2D eigenvalue weighted by atomic mass is 16.5. The lowest BCUT2D eigenvalue weighted by atomic mass is 9.84. The molecule has 0 heterocycles. The summed E-state index contributed by atoms with van der Waals surface area (Å²) in [5, 5.41) is 0. The maximum Gasteiger partial charge on any atom is 0.227 e. The second-order valence-electron chi connectivity index (χ2n) is 3.95. The molecule has 0 spiro atoms. The number of carbonyl (C=O) groups excluding carboxylic acids is 1. The van der Waals surface area contributed by atoms with Gasteiger partial charge in [-0.05, 0) is 38.5 Å². The number of rotatable bonds is 4. The smallest absolute Gasteiger partial charge is 0.227 e. The molecule has 0 aliphatic carbocycles. The Kier molecular flexibility index (Phi) is 3.35. The minimum absolute atomic E-state index is 0.327. The van der Waals surface area contributed by atoms with Crippen molar-refractivity contribution in [2.75, 3.05) is 6.61 Å². The van der Waals surface area contributed by atoms with Crippen LogP contribution >= 0.6 is 0 Å². The van der Waals surface area contributed by atoms with E-state index in [4.69, 9.17) is 10.5 Å². The van der Waals surface area contributed by atoms with Crippen LogP contribution in [0.3, 0.4) is 0 Å². The van der Waals surface area contributed by atoms with E-state index in [9.17, 15) is 4.79 Å². The number of ether oxygens (including phenoxy) is 1. The second kappa shape index (κ2) is 4.34. The van der Waals surface area contributed by atoms with Gasteiger partial charge in [0.15, 0.2) is 0 Å². The number of primary amides is 1. The van der Waals surface area contributed by atoms with E-state index in [1.165, 1.54) is 0 Å². The predicted molar refractivity (Wildman–Crippen MR) is 59.8 cm³/mol. The van der Waals surface area contributed by atoms with Gasteiger partial charge in [-0.15, -0.1) is 0 Å². The normalized spacial score (nSPS) is 11.1. The zero-order chi connectivity index (χ0) is 11.5. The lowest BCUT2D eigenvalue weighted by molar-refractivity contribution is -0.122. The maximum absolute atomic E-state index is 11.2. The van der Waals surface area contributed by atoms with Crippen LogP contribution in [0, 0.1) is 0 Å². The summed E-state index contributed by atoms with van der Waals surface area (Å²) in [5.41, 5.74) is 5.60. The van der Waals surface area contributed by atoms with Gasteiger partial charge in [-0.1, -0.05) is 12.1 Å². The Morgan fingerprint density at radius 3 is 2.27 bits per heavy atom. The Morgan fingerprint density at radius 1 is 1.33 bits per heavy atom. The van der Waals surface area contributed by atoms with Crippen LogP contribution in [0.1, 0.15) is 26.3 Å². The summed E-state index contributed by atoms with van der Waals surface area (Å²) in [4.78, 5) is 11.2. The number of nitrogens with two attached hydrogens (primary N) is 1. The van der Waals surface area contributed by atoms with Crippen molar-refractivity contribution in [3.05, 3.63) is 29.8 Å². The Balaban J connectivity index is 2.93. The van der Waals surface area contributed by atoms with Crippen LogP contribution in [0.2, 0.25) is 0 Å². The van der Waals surface area contributed by atoms with Crippen molar-refractivity contribution < 1.29 is 9.53 Å². The lowest BCUT2D eigenvalue weighted by Crippen LogP contribution is -2.35. The van der Waals surface area contributed by atoms with Gasteiger partial charge < -0.3 is 10.5 Å². The summed E-state index contributed by atoms with van der Waals surface area (Å²) in [5.74, 6) is 0.480. The third kappa shape index (κ3) is 2.49. The molecule has 0 saturated carbocycles. The van der Waals surface area contributed by atoms with Crippen LogP contribution in [0.4, 0.5) is 0 Å². The molecule has 0 unspecified atom stereocenters. The van der Waals surface area contributed by atoms with E-state index >= 15 is 0 Å². The average molecular weight is 207 g/mol. The van der Waals surface area contributed by atoms with E-state index in [-0.39, 0.29) is 5.91 Å². The zero-order valence-electron chi connectivity index (χ0n) is 9.41. The second-order valence-corrected chi connectivity index (χ2v) is 3.95. The van der Waals surface area contributed by atoms with Gasteiger partial charge >= 0.3 is 0 Å². The van der Waals surface area contributed by atoms with Crippen LogP contribution in [-0.2, 0) is 10.2 Å². The molecule has 1 aromatic carbocycles. The largest absolute Gasteiger partial charge is 0.494 e. The van der Waals surface area contributed by atoms with Crippen LogP contribution in [-0.4, -0.2) is 12.5 Å². The Hall–Kier alpha value is -1.51. The topological polar surface area (TPSA) is 52.3 Å². The summed E-state index contributed by atoms with van der Waals surface area (Å²) in [6.07, 6.45) is 0. The van der Waals surface area contributed by atoms with Crippen LogP contribution < -0.4 is 10.5 Å². The van der Waals surface area contributed by atoms with E-state index in [0.717, 1.165) is 11.3 Å². The fourth-order valence-corrected chi connectivity index (χ4v) is 1.28. The molecule has 0 atom stereocenters. The third-order valence-electron chi connectivity index (χ3n) is 2.50. The fraction of sp³-hybridized carbons (Fsp3) is 0.417. The highest BCUT2D eigenvalue weighted by molar-refractivity contribution is 5.85. The predicted octanol–water partition coefficient (Wildman–Crippen LogP) is 1.85. The third-order valence-corrected chi connectivity index (χ3v) is 2.50. The standard InChI is InChI=1S/C12H17NO2/c1-4-15-10-7-5-9(6-8-10)12(2,3)11(13)14/h5-8H,4H2,1-3H3,(H2,13,14). The van der Waals surface area contributed by atoms with Crippen molar-refractivity contribution >= 4 is 5.91 Å². The first kappa shape index (κ1) is 11.6. The molecule has 2 N–H and O–H groups in total. The number of hydrogen-bond donors (Lipinski definition) is 1. The first-order valence-corrected chi connectivity index (χ1v) is 5.01. The first-order valence-electron chi connectivity index (χ1n) is 5.01. The summed E-state index contributed by atoms with van der Waals surface area (Å²) in [7, 11) is 0. The zero-order valence-corrected chi connectivity index (χ0v) is 9.41. The lowest BCUT2D eigenvalue weighted by Gasteiger charge is -2.21. The van der Waals surface area contributed by atoms with Crippen LogP contribution in [0.15, 0.2) is 24.3 Å². The van der Waals surface area contributed by atoms with E-state index in [2.05, 4.69) is 0 Å². The molecule has 15 heavy (non-hydrogen) atoms. The monoisotopic (exact) mass is 207 g/mol. The van der Waals surface area contributed by atoms with Crippen molar-refractivity contribution in [3.8, 4) is 5.75 Å². The molecule has 3 nitrogen and oxygen atoms in total. The van der Waals surface area contributed by atoms with Crippen molar-refractivity contribution in [1.29, 1.82) is 0 Å². The minimum Gasteiger partial charge on any atom is -0.494 e. The van der Waals surface area contributed by atoms with E-state index in [1.54, 1.807) is 0 Å². The fourth-order valence-electron chi connectivity index (χ4n) is 1.28. The van der Waals surface area contributed by atoms with Crippen LogP contribution in [0.5, 0.6) is 5.75 Å². The number of amides is 1. The summed E-state index contributed by atoms with van der Waals surface area (Å²) >= 11 is 0. The van der Waals surface area contributed by atoms with Gasteiger partial charge in [0.25, 0.3) is 0 Å². The van der Waals surface area contributed by atoms with Crippen molar-refractivity contribution in [1.82, 2.24) is 0 Å². The summed E-state index contributed by atoms with van der Waals surface area (Å²) in [6, 6.07) is 7.44. The van der Waals surface area contributed by atoms with Gasteiger partial charge in [-0.3, -0.25) is 4.79 Å². The Morgan fingerprint density at radius 2 is 1.87 bits per heavy atom. The number of hydrogen-bond acceptors (Lipinski definition) is 2. The molecule has 0 fully saturated rings. The molecule has 82 valence electrons. The summed E-state index contributed by atoms with van der Waals surface area (Å²) in [6.45, 7) is 6.19. The van der Waals surface area contributed by atoms with Gasteiger partial charge in [-0.25, -0.2) is 0 Å². The van der Waals surface area contributed by atoms with Gasteiger partial charge in [0.05, 0.1) is 12.0 Å². The highest BCUT2D eigenvalue weighted by Gasteiger charge is 2.26. The molecule has 0 radical (unpaired) electrons. The molecule has 0 saturated heterocycles. The Labute approximate surface area is 90.2 Å².